The molecule has 1 heterocycles. The van der Waals surface area contributed by atoms with Crippen molar-refractivity contribution in [3.63, 3.8) is 0 Å². The Hall–Kier alpha value is -7.16. The van der Waals surface area contributed by atoms with Crippen LogP contribution in [-0.2, 0) is 5.41 Å². The lowest BCUT2D eigenvalue weighted by Crippen LogP contribution is -2.10. The largest absolute Gasteiger partial charge is 0.311 e. The zero-order valence-corrected chi connectivity index (χ0v) is 33.1. The lowest BCUT2D eigenvalue weighted by atomic mass is 9.86. The SMILES string of the molecule is CC(C)(C)c1ccc(-c2ccc(N(c3ccc(-c4ccc(-c5cccc6ccccc56)cc4)cc3)c3ccc(-n4c5ccccc5c5ccccc54)cc3)cc2)cc1. The number of hydrogen-bond donors (Lipinski definition) is 0. The Kier molecular flexibility index (Phi) is 8.76. The molecule has 0 unspecified atom stereocenters. The molecule has 58 heavy (non-hydrogen) atoms. The van der Waals surface area contributed by atoms with Gasteiger partial charge >= 0.3 is 0 Å². The van der Waals surface area contributed by atoms with E-state index in [9.17, 15) is 0 Å². The van der Waals surface area contributed by atoms with E-state index in [0.29, 0.717) is 0 Å². The maximum absolute atomic E-state index is 2.37. The molecule has 10 aromatic rings. The van der Waals surface area contributed by atoms with Gasteiger partial charge in [-0.3, -0.25) is 0 Å². The second-order valence-electron chi connectivity index (χ2n) is 16.2. The molecule has 0 aliphatic carbocycles. The van der Waals surface area contributed by atoms with Crippen molar-refractivity contribution >= 4 is 49.6 Å². The van der Waals surface area contributed by atoms with Gasteiger partial charge in [0.2, 0.25) is 0 Å². The van der Waals surface area contributed by atoms with Crippen molar-refractivity contribution < 1.29 is 0 Å². The van der Waals surface area contributed by atoms with Crippen LogP contribution in [0, 0.1) is 0 Å². The fraction of sp³-hybridized carbons (Fsp3) is 0.0714. The second-order valence-corrected chi connectivity index (χ2v) is 16.2. The van der Waals surface area contributed by atoms with E-state index in [1.807, 2.05) is 0 Å². The smallest absolute Gasteiger partial charge is 0.0541 e. The van der Waals surface area contributed by atoms with Crippen molar-refractivity contribution in [1.29, 1.82) is 0 Å². The molecule has 0 N–H and O–H groups in total. The van der Waals surface area contributed by atoms with Gasteiger partial charge in [-0.25, -0.2) is 0 Å². The van der Waals surface area contributed by atoms with Gasteiger partial charge in [0.1, 0.15) is 0 Å². The van der Waals surface area contributed by atoms with Gasteiger partial charge in [0.15, 0.2) is 0 Å². The molecule has 0 saturated carbocycles. The third kappa shape index (κ3) is 6.43. The van der Waals surface area contributed by atoms with Gasteiger partial charge in [-0.2, -0.15) is 0 Å². The van der Waals surface area contributed by atoms with Gasteiger partial charge in [0.05, 0.1) is 11.0 Å². The predicted molar refractivity (Wildman–Crippen MR) is 248 cm³/mol. The van der Waals surface area contributed by atoms with Crippen LogP contribution >= 0.6 is 0 Å². The minimum absolute atomic E-state index is 0.122. The summed E-state index contributed by atoms with van der Waals surface area (Å²) in [7, 11) is 0. The molecule has 9 aromatic carbocycles. The van der Waals surface area contributed by atoms with Crippen LogP contribution in [0.2, 0.25) is 0 Å². The van der Waals surface area contributed by atoms with E-state index in [2.05, 4.69) is 243 Å². The van der Waals surface area contributed by atoms with Crippen LogP contribution in [0.3, 0.4) is 0 Å². The summed E-state index contributed by atoms with van der Waals surface area (Å²) in [5.74, 6) is 0. The number of aromatic nitrogens is 1. The summed E-state index contributed by atoms with van der Waals surface area (Å²) in [6.07, 6.45) is 0. The molecule has 0 saturated heterocycles. The van der Waals surface area contributed by atoms with Gasteiger partial charge in [0.25, 0.3) is 0 Å². The Labute approximate surface area is 340 Å². The molecule has 0 bridgehead atoms. The quantitative estimate of drug-likeness (QED) is 0.158. The molecule has 0 fully saturated rings. The van der Waals surface area contributed by atoms with Crippen LogP contribution < -0.4 is 4.90 Å². The van der Waals surface area contributed by atoms with Gasteiger partial charge in [-0.05, 0) is 116 Å². The summed E-state index contributed by atoms with van der Waals surface area (Å²) in [6, 6.07) is 77.4. The first-order valence-electron chi connectivity index (χ1n) is 20.2. The first-order chi connectivity index (χ1) is 28.4. The summed E-state index contributed by atoms with van der Waals surface area (Å²) in [4.78, 5) is 2.36. The van der Waals surface area contributed by atoms with Gasteiger partial charge < -0.3 is 9.47 Å². The normalized spacial score (nSPS) is 11.7. The number of para-hydroxylation sites is 2. The predicted octanol–water partition coefficient (Wildman–Crippen LogP) is 15.7. The van der Waals surface area contributed by atoms with Crippen molar-refractivity contribution in [2.24, 2.45) is 0 Å². The number of anilines is 3. The van der Waals surface area contributed by atoms with E-state index in [-0.39, 0.29) is 5.41 Å². The van der Waals surface area contributed by atoms with Crippen LogP contribution in [0.15, 0.2) is 212 Å². The molecule has 1 aromatic heterocycles. The topological polar surface area (TPSA) is 8.17 Å². The molecule has 2 heteroatoms. The van der Waals surface area contributed by atoms with E-state index in [1.54, 1.807) is 0 Å². The molecule has 278 valence electrons. The Balaban J connectivity index is 1.01. The Morgan fingerprint density at radius 3 is 1.26 bits per heavy atom. The number of rotatable bonds is 7. The van der Waals surface area contributed by atoms with Crippen molar-refractivity contribution in [3.05, 3.63) is 218 Å². The summed E-state index contributed by atoms with van der Waals surface area (Å²) in [6.45, 7) is 6.78. The highest BCUT2D eigenvalue weighted by molar-refractivity contribution is 6.09. The third-order valence-electron chi connectivity index (χ3n) is 11.6. The second kappa shape index (κ2) is 14.4. The van der Waals surface area contributed by atoms with Crippen LogP contribution in [0.5, 0.6) is 0 Å². The fourth-order valence-electron chi connectivity index (χ4n) is 8.49. The van der Waals surface area contributed by atoms with Gasteiger partial charge in [-0.15, -0.1) is 0 Å². The average Bonchev–Trinajstić information content (AvgIpc) is 3.61. The van der Waals surface area contributed by atoms with Crippen molar-refractivity contribution in [1.82, 2.24) is 4.57 Å². The standard InChI is InChI=1S/C56H44N2/c1-56(2,3)45-29-23-40(24-30-45)42-27-33-47(34-28-42)57(48-35-37-49(38-36-48)58-54-17-8-6-14-52(54)53-15-7-9-18-55(53)58)46-31-25-41(26-32-46)39-19-21-44(22-20-39)51-16-10-12-43-11-4-5-13-50(43)51/h4-38H,1-3H3. The molecule has 2 nitrogen and oxygen atoms in total. The van der Waals surface area contributed by atoms with Crippen LogP contribution in [0.4, 0.5) is 17.1 Å². The van der Waals surface area contributed by atoms with E-state index in [4.69, 9.17) is 0 Å². The van der Waals surface area contributed by atoms with Gasteiger partial charge in [0, 0.05) is 33.5 Å². The first-order valence-corrected chi connectivity index (χ1v) is 20.2. The van der Waals surface area contributed by atoms with E-state index in [0.717, 1.165) is 22.7 Å². The zero-order valence-electron chi connectivity index (χ0n) is 33.1. The van der Waals surface area contributed by atoms with Gasteiger partial charge in [-0.1, -0.05) is 172 Å². The minimum atomic E-state index is 0.122. The molecule has 0 aliphatic heterocycles. The average molecular weight is 745 g/mol. The van der Waals surface area contributed by atoms with Crippen molar-refractivity contribution in [2.45, 2.75) is 26.2 Å². The number of nitrogens with zero attached hydrogens (tertiary/aromatic N) is 2. The van der Waals surface area contributed by atoms with Crippen LogP contribution in [0.1, 0.15) is 26.3 Å². The Bertz CT molecular complexity index is 2980. The minimum Gasteiger partial charge on any atom is -0.311 e. The fourth-order valence-corrected chi connectivity index (χ4v) is 8.49. The zero-order chi connectivity index (χ0) is 39.2. The van der Waals surface area contributed by atoms with Crippen molar-refractivity contribution in [3.8, 4) is 39.1 Å². The number of hydrogen-bond acceptors (Lipinski definition) is 1. The van der Waals surface area contributed by atoms with E-state index < -0.39 is 0 Å². The monoisotopic (exact) mass is 744 g/mol. The Morgan fingerprint density at radius 1 is 0.345 bits per heavy atom. The summed E-state index contributed by atoms with van der Waals surface area (Å²) < 4.78 is 2.37. The number of fused-ring (bicyclic) bond motifs is 4. The molecule has 0 amide bonds. The van der Waals surface area contributed by atoms with Crippen molar-refractivity contribution in [2.75, 3.05) is 4.90 Å². The molecular weight excluding hydrogens is 701 g/mol. The van der Waals surface area contributed by atoms with E-state index in [1.165, 1.54) is 71.5 Å². The molecule has 0 atom stereocenters. The maximum atomic E-state index is 2.37. The Morgan fingerprint density at radius 2 is 0.741 bits per heavy atom. The molecule has 0 aliphatic rings. The summed E-state index contributed by atoms with van der Waals surface area (Å²) in [5, 5.41) is 5.06. The third-order valence-corrected chi connectivity index (χ3v) is 11.6. The summed E-state index contributed by atoms with van der Waals surface area (Å²) >= 11 is 0. The molecule has 0 radical (unpaired) electrons. The first kappa shape index (κ1) is 35.3. The highest BCUT2D eigenvalue weighted by atomic mass is 15.1. The van der Waals surface area contributed by atoms with E-state index >= 15 is 0 Å². The molecular formula is C56H44N2. The highest BCUT2D eigenvalue weighted by Crippen LogP contribution is 2.39. The maximum Gasteiger partial charge on any atom is 0.0541 e. The van der Waals surface area contributed by atoms with Crippen LogP contribution in [0.25, 0.3) is 71.6 Å². The lowest BCUT2D eigenvalue weighted by Gasteiger charge is -2.26. The number of benzene rings is 9. The molecule has 0 spiro atoms. The summed E-state index contributed by atoms with van der Waals surface area (Å²) in [5.41, 5.74) is 15.6. The highest BCUT2D eigenvalue weighted by Gasteiger charge is 2.17. The van der Waals surface area contributed by atoms with Crippen LogP contribution in [-0.4, -0.2) is 4.57 Å². The molecule has 10 rings (SSSR count). The lowest BCUT2D eigenvalue weighted by molar-refractivity contribution is 0.590.